The van der Waals surface area contributed by atoms with Crippen molar-refractivity contribution in [3.63, 3.8) is 0 Å². The van der Waals surface area contributed by atoms with Crippen LogP contribution in [0.3, 0.4) is 0 Å². The van der Waals surface area contributed by atoms with Crippen molar-refractivity contribution in [2.45, 2.75) is 26.2 Å². The Hall–Kier alpha value is -1.58. The van der Waals surface area contributed by atoms with Crippen LogP contribution in [-0.2, 0) is 19.1 Å². The second kappa shape index (κ2) is 5.19. The minimum Gasteiger partial charge on any atom is -0.468 e. The van der Waals surface area contributed by atoms with Crippen LogP contribution in [0.1, 0.15) is 26.2 Å². The number of methoxy groups -OCH3 is 2. The number of hydrogen-bond acceptors (Lipinski definition) is 4. The molecule has 0 heterocycles. The van der Waals surface area contributed by atoms with Gasteiger partial charge in [0.2, 0.25) is 0 Å². The normalized spacial score (nSPS) is 28.1. The van der Waals surface area contributed by atoms with Crippen LogP contribution in [0.4, 0.5) is 0 Å². The summed E-state index contributed by atoms with van der Waals surface area (Å²) in [4.78, 5) is 24.3. The molecule has 104 valence electrons. The SMILES string of the molecule is COC(=O)C1(C(=O)OC)CC2C=CC(C)=CC(C2)C1. The smallest absolute Gasteiger partial charge is 0.323 e. The van der Waals surface area contributed by atoms with Gasteiger partial charge in [-0.15, -0.1) is 0 Å². The van der Waals surface area contributed by atoms with Gasteiger partial charge in [0.1, 0.15) is 0 Å². The van der Waals surface area contributed by atoms with E-state index in [1.807, 2.05) is 6.92 Å². The molecule has 4 heteroatoms. The van der Waals surface area contributed by atoms with E-state index >= 15 is 0 Å². The molecule has 2 rings (SSSR count). The fraction of sp³-hybridized carbons (Fsp3) is 0.600. The Kier molecular flexibility index (Phi) is 3.78. The molecular weight excluding hydrogens is 244 g/mol. The summed E-state index contributed by atoms with van der Waals surface area (Å²) in [5, 5.41) is 0. The predicted molar refractivity (Wildman–Crippen MR) is 70.2 cm³/mol. The molecule has 2 bridgehead atoms. The summed E-state index contributed by atoms with van der Waals surface area (Å²) in [7, 11) is 2.64. The Morgan fingerprint density at radius 3 is 2.32 bits per heavy atom. The zero-order valence-corrected chi connectivity index (χ0v) is 11.6. The second-order valence-corrected chi connectivity index (χ2v) is 5.50. The fourth-order valence-corrected chi connectivity index (χ4v) is 3.33. The molecule has 0 aromatic rings. The van der Waals surface area contributed by atoms with E-state index < -0.39 is 17.4 Å². The van der Waals surface area contributed by atoms with Gasteiger partial charge in [-0.25, -0.2) is 0 Å². The van der Waals surface area contributed by atoms with Crippen molar-refractivity contribution in [1.29, 1.82) is 0 Å². The van der Waals surface area contributed by atoms with Crippen molar-refractivity contribution in [1.82, 2.24) is 0 Å². The third-order valence-corrected chi connectivity index (χ3v) is 4.11. The largest absolute Gasteiger partial charge is 0.468 e. The first kappa shape index (κ1) is 13.8. The summed E-state index contributed by atoms with van der Waals surface area (Å²) < 4.78 is 9.73. The first-order valence-electron chi connectivity index (χ1n) is 6.55. The summed E-state index contributed by atoms with van der Waals surface area (Å²) in [5.74, 6) is -0.525. The molecular formula is C15H20O4. The molecule has 2 aliphatic rings. The highest BCUT2D eigenvalue weighted by molar-refractivity contribution is 6.00. The van der Waals surface area contributed by atoms with Gasteiger partial charge in [0.15, 0.2) is 5.41 Å². The van der Waals surface area contributed by atoms with Crippen LogP contribution in [-0.4, -0.2) is 26.2 Å². The van der Waals surface area contributed by atoms with Gasteiger partial charge in [0, 0.05) is 0 Å². The van der Waals surface area contributed by atoms with Crippen molar-refractivity contribution < 1.29 is 19.1 Å². The number of fused-ring (bicyclic) bond motifs is 2. The summed E-state index contributed by atoms with van der Waals surface area (Å²) >= 11 is 0. The van der Waals surface area contributed by atoms with E-state index in [0.29, 0.717) is 12.8 Å². The molecule has 1 fully saturated rings. The standard InChI is InChI=1S/C15H20O4/c1-10-4-5-11-7-12(6-10)9-15(8-11,13(16)18-2)14(17)19-3/h4-6,11-12H,7-9H2,1-3H3. The van der Waals surface area contributed by atoms with Crippen molar-refractivity contribution in [2.24, 2.45) is 17.3 Å². The quantitative estimate of drug-likeness (QED) is 0.567. The van der Waals surface area contributed by atoms with Crippen molar-refractivity contribution in [3.05, 3.63) is 23.8 Å². The number of ether oxygens (including phenoxy) is 2. The van der Waals surface area contributed by atoms with Gasteiger partial charge >= 0.3 is 11.9 Å². The van der Waals surface area contributed by atoms with E-state index in [9.17, 15) is 9.59 Å². The maximum Gasteiger partial charge on any atom is 0.323 e. The Morgan fingerprint density at radius 1 is 1.16 bits per heavy atom. The predicted octanol–water partition coefficient (Wildman–Crippen LogP) is 2.25. The number of rotatable bonds is 2. The zero-order valence-electron chi connectivity index (χ0n) is 11.6. The number of carbonyl (C=O) groups excluding carboxylic acids is 2. The molecule has 2 aliphatic carbocycles. The van der Waals surface area contributed by atoms with E-state index in [4.69, 9.17) is 9.47 Å². The van der Waals surface area contributed by atoms with Crippen LogP contribution in [0.5, 0.6) is 0 Å². The second-order valence-electron chi connectivity index (χ2n) is 5.50. The Morgan fingerprint density at radius 2 is 1.74 bits per heavy atom. The Balaban J connectivity index is 2.39. The summed E-state index contributed by atoms with van der Waals surface area (Å²) in [6, 6.07) is 0. The van der Waals surface area contributed by atoms with Gasteiger partial charge in [0.05, 0.1) is 14.2 Å². The first-order chi connectivity index (χ1) is 9.01. The van der Waals surface area contributed by atoms with Crippen LogP contribution < -0.4 is 0 Å². The Bertz CT molecular complexity index is 431. The van der Waals surface area contributed by atoms with Crippen LogP contribution in [0.25, 0.3) is 0 Å². The minimum atomic E-state index is -1.15. The maximum absolute atomic E-state index is 12.1. The van der Waals surface area contributed by atoms with E-state index in [1.165, 1.54) is 19.8 Å². The first-order valence-corrected chi connectivity index (χ1v) is 6.55. The lowest BCUT2D eigenvalue weighted by atomic mass is 9.65. The maximum atomic E-state index is 12.1. The van der Waals surface area contributed by atoms with E-state index in [1.54, 1.807) is 0 Å². The molecule has 0 N–H and O–H groups in total. The van der Waals surface area contributed by atoms with E-state index in [2.05, 4.69) is 18.2 Å². The molecule has 0 saturated heterocycles. The zero-order chi connectivity index (χ0) is 14.0. The average molecular weight is 264 g/mol. The topological polar surface area (TPSA) is 52.6 Å². The van der Waals surface area contributed by atoms with E-state index in [0.717, 1.165) is 6.42 Å². The van der Waals surface area contributed by atoms with Gasteiger partial charge in [-0.1, -0.05) is 23.8 Å². The molecule has 0 spiro atoms. The molecule has 4 nitrogen and oxygen atoms in total. The third-order valence-electron chi connectivity index (χ3n) is 4.11. The molecule has 0 amide bonds. The molecule has 2 unspecified atom stereocenters. The molecule has 1 saturated carbocycles. The van der Waals surface area contributed by atoms with Crippen LogP contribution in [0.15, 0.2) is 23.8 Å². The van der Waals surface area contributed by atoms with Crippen LogP contribution >= 0.6 is 0 Å². The van der Waals surface area contributed by atoms with Crippen LogP contribution in [0, 0.1) is 17.3 Å². The number of carbonyl (C=O) groups is 2. The highest BCUT2D eigenvalue weighted by atomic mass is 16.5. The number of allylic oxidation sites excluding steroid dienone is 4. The van der Waals surface area contributed by atoms with Gasteiger partial charge < -0.3 is 9.47 Å². The van der Waals surface area contributed by atoms with Gasteiger partial charge in [0.25, 0.3) is 0 Å². The van der Waals surface area contributed by atoms with Gasteiger partial charge in [-0.05, 0) is 38.0 Å². The molecule has 0 aromatic heterocycles. The fourth-order valence-electron chi connectivity index (χ4n) is 3.33. The highest BCUT2D eigenvalue weighted by Gasteiger charge is 2.53. The average Bonchev–Trinajstić information content (AvgIpc) is 2.54. The van der Waals surface area contributed by atoms with Crippen molar-refractivity contribution >= 4 is 11.9 Å². The third kappa shape index (κ3) is 2.44. The van der Waals surface area contributed by atoms with Crippen molar-refractivity contribution in [2.75, 3.05) is 14.2 Å². The monoisotopic (exact) mass is 264 g/mol. The highest BCUT2D eigenvalue weighted by Crippen LogP contribution is 2.46. The lowest BCUT2D eigenvalue weighted by molar-refractivity contribution is -0.173. The molecule has 2 atom stereocenters. The molecule has 0 aliphatic heterocycles. The molecule has 0 radical (unpaired) electrons. The number of esters is 2. The minimum absolute atomic E-state index is 0.214. The van der Waals surface area contributed by atoms with Crippen LogP contribution in [0.2, 0.25) is 0 Å². The Labute approximate surface area is 113 Å². The summed E-state index contributed by atoms with van der Waals surface area (Å²) in [6.07, 6.45) is 8.21. The lowest BCUT2D eigenvalue weighted by Gasteiger charge is -2.38. The van der Waals surface area contributed by atoms with E-state index in [-0.39, 0.29) is 11.8 Å². The van der Waals surface area contributed by atoms with Crippen molar-refractivity contribution in [3.8, 4) is 0 Å². The summed E-state index contributed by atoms with van der Waals surface area (Å²) in [6.45, 7) is 2.04. The number of hydrogen-bond donors (Lipinski definition) is 0. The van der Waals surface area contributed by atoms with Gasteiger partial charge in [-0.2, -0.15) is 0 Å². The molecule has 19 heavy (non-hydrogen) atoms. The lowest BCUT2D eigenvalue weighted by Crippen LogP contribution is -2.46. The summed E-state index contributed by atoms with van der Waals surface area (Å²) in [5.41, 5.74) is 0.0285. The van der Waals surface area contributed by atoms with Gasteiger partial charge in [-0.3, -0.25) is 9.59 Å². The molecule has 0 aromatic carbocycles.